The highest BCUT2D eigenvalue weighted by Gasteiger charge is 2.14. The summed E-state index contributed by atoms with van der Waals surface area (Å²) in [7, 11) is 0. The van der Waals surface area contributed by atoms with E-state index in [0.717, 1.165) is 5.56 Å². The number of nitro benzene ring substituents is 1. The quantitative estimate of drug-likeness (QED) is 0.665. The van der Waals surface area contributed by atoms with Crippen LogP contribution in [0.1, 0.15) is 25.3 Å². The van der Waals surface area contributed by atoms with Gasteiger partial charge in [0.05, 0.1) is 11.5 Å². The van der Waals surface area contributed by atoms with E-state index < -0.39 is 4.92 Å². The van der Waals surface area contributed by atoms with Gasteiger partial charge in [0, 0.05) is 23.7 Å². The molecule has 0 atom stereocenters. The average Bonchev–Trinajstić information content (AvgIpc) is 2.84. The number of nitrogens with one attached hydrogen (secondary N) is 1. The van der Waals surface area contributed by atoms with Gasteiger partial charge in [-0.3, -0.25) is 10.1 Å². The summed E-state index contributed by atoms with van der Waals surface area (Å²) in [5.74, 6) is 0.746. The van der Waals surface area contributed by atoms with E-state index in [-0.39, 0.29) is 11.6 Å². The van der Waals surface area contributed by atoms with Crippen LogP contribution in [-0.2, 0) is 6.54 Å². The summed E-state index contributed by atoms with van der Waals surface area (Å²) in [4.78, 5) is 10.4. The molecule has 0 aliphatic carbocycles. The first kappa shape index (κ1) is 14.1. The lowest BCUT2D eigenvalue weighted by Crippen LogP contribution is -2.21. The molecule has 7 nitrogen and oxygen atoms in total. The van der Waals surface area contributed by atoms with Crippen molar-refractivity contribution < 1.29 is 9.34 Å². The van der Waals surface area contributed by atoms with Crippen LogP contribution in [0.3, 0.4) is 0 Å². The van der Waals surface area contributed by atoms with E-state index in [9.17, 15) is 10.1 Å². The van der Waals surface area contributed by atoms with Crippen LogP contribution in [0.2, 0.25) is 0 Å². The number of rotatable bonds is 5. The molecule has 1 aromatic carbocycles. The molecule has 20 heavy (non-hydrogen) atoms. The minimum Gasteiger partial charge on any atom is -0.419 e. The fourth-order valence-electron chi connectivity index (χ4n) is 1.72. The van der Waals surface area contributed by atoms with Crippen LogP contribution in [0.15, 0.2) is 22.6 Å². The third-order valence-corrected chi connectivity index (χ3v) is 2.65. The molecule has 0 saturated heterocycles. The Kier molecular flexibility index (Phi) is 4.09. The predicted octanol–water partition coefficient (Wildman–Crippen LogP) is 2.45. The summed E-state index contributed by atoms with van der Waals surface area (Å²) in [6.45, 7) is 6.29. The fourth-order valence-corrected chi connectivity index (χ4v) is 1.72. The van der Waals surface area contributed by atoms with Gasteiger partial charge in [-0.15, -0.1) is 10.2 Å². The Morgan fingerprint density at radius 1 is 1.35 bits per heavy atom. The summed E-state index contributed by atoms with van der Waals surface area (Å²) < 4.78 is 5.50. The highest BCUT2D eigenvalue weighted by molar-refractivity contribution is 5.59. The largest absolute Gasteiger partial charge is 0.419 e. The molecule has 0 spiro atoms. The normalized spacial score (nSPS) is 11.0. The maximum Gasteiger partial charge on any atom is 0.270 e. The van der Waals surface area contributed by atoms with Gasteiger partial charge in [-0.2, -0.15) is 0 Å². The molecule has 7 heteroatoms. The Morgan fingerprint density at radius 2 is 2.10 bits per heavy atom. The first-order chi connectivity index (χ1) is 9.45. The number of nitro groups is 1. The Balaban J connectivity index is 2.25. The number of nitrogens with zero attached hydrogens (tertiary/aromatic N) is 3. The molecular weight excluding hydrogens is 260 g/mol. The maximum absolute atomic E-state index is 10.8. The number of non-ortho nitro benzene ring substituents is 1. The molecule has 1 aromatic heterocycles. The van der Waals surface area contributed by atoms with Crippen molar-refractivity contribution in [2.75, 3.05) is 0 Å². The highest BCUT2D eigenvalue weighted by atomic mass is 16.6. The first-order valence-electron chi connectivity index (χ1n) is 6.28. The Labute approximate surface area is 116 Å². The van der Waals surface area contributed by atoms with Gasteiger partial charge in [-0.05, 0) is 18.6 Å². The smallest absolute Gasteiger partial charge is 0.270 e. The molecule has 1 heterocycles. The van der Waals surface area contributed by atoms with Crippen LogP contribution in [0, 0.1) is 17.0 Å². The summed E-state index contributed by atoms with van der Waals surface area (Å²) in [5, 5.41) is 21.9. The zero-order valence-corrected chi connectivity index (χ0v) is 11.6. The summed E-state index contributed by atoms with van der Waals surface area (Å²) in [6, 6.07) is 5.02. The van der Waals surface area contributed by atoms with Crippen LogP contribution in [-0.4, -0.2) is 21.2 Å². The summed E-state index contributed by atoms with van der Waals surface area (Å²) in [6.07, 6.45) is 0. The molecule has 0 amide bonds. The van der Waals surface area contributed by atoms with Crippen molar-refractivity contribution in [3.8, 4) is 11.5 Å². The topological polar surface area (TPSA) is 94.1 Å². The van der Waals surface area contributed by atoms with Crippen molar-refractivity contribution in [1.29, 1.82) is 0 Å². The van der Waals surface area contributed by atoms with Crippen molar-refractivity contribution >= 4 is 5.69 Å². The number of aryl methyl sites for hydroxylation is 1. The molecule has 0 saturated carbocycles. The zero-order chi connectivity index (χ0) is 14.7. The monoisotopic (exact) mass is 276 g/mol. The van der Waals surface area contributed by atoms with Gasteiger partial charge in [0.1, 0.15) is 0 Å². The molecule has 106 valence electrons. The van der Waals surface area contributed by atoms with Crippen molar-refractivity contribution in [2.45, 2.75) is 33.4 Å². The molecule has 0 radical (unpaired) electrons. The molecule has 0 aliphatic heterocycles. The molecular formula is C13H16N4O3. The van der Waals surface area contributed by atoms with Crippen molar-refractivity contribution in [1.82, 2.24) is 15.5 Å². The lowest BCUT2D eigenvalue weighted by atomic mass is 10.1. The minimum absolute atomic E-state index is 0.0139. The molecule has 2 rings (SSSR count). The Morgan fingerprint density at radius 3 is 2.75 bits per heavy atom. The van der Waals surface area contributed by atoms with E-state index in [4.69, 9.17) is 4.42 Å². The second-order valence-corrected chi connectivity index (χ2v) is 4.85. The van der Waals surface area contributed by atoms with Gasteiger partial charge >= 0.3 is 0 Å². The van der Waals surface area contributed by atoms with Gasteiger partial charge in [-0.1, -0.05) is 13.8 Å². The SMILES string of the molecule is Cc1cc(-c2nnc(CNC(C)C)o2)cc([N+](=O)[O-])c1. The van der Waals surface area contributed by atoms with Crippen LogP contribution < -0.4 is 5.32 Å². The van der Waals surface area contributed by atoms with E-state index in [1.54, 1.807) is 13.0 Å². The minimum atomic E-state index is -0.436. The summed E-state index contributed by atoms with van der Waals surface area (Å²) in [5.41, 5.74) is 1.34. The first-order valence-corrected chi connectivity index (χ1v) is 6.28. The van der Waals surface area contributed by atoms with Crippen LogP contribution in [0.5, 0.6) is 0 Å². The van der Waals surface area contributed by atoms with Gasteiger partial charge < -0.3 is 9.73 Å². The van der Waals surface area contributed by atoms with Gasteiger partial charge in [-0.25, -0.2) is 0 Å². The number of hydrogen-bond donors (Lipinski definition) is 1. The second-order valence-electron chi connectivity index (χ2n) is 4.85. The zero-order valence-electron chi connectivity index (χ0n) is 11.6. The lowest BCUT2D eigenvalue weighted by Gasteiger charge is -2.03. The summed E-state index contributed by atoms with van der Waals surface area (Å²) >= 11 is 0. The van der Waals surface area contributed by atoms with Crippen molar-refractivity contribution in [3.05, 3.63) is 39.8 Å². The lowest BCUT2D eigenvalue weighted by molar-refractivity contribution is -0.384. The molecule has 0 bridgehead atoms. The standard InChI is InChI=1S/C13H16N4O3/c1-8(2)14-7-12-15-16-13(20-12)10-4-9(3)5-11(6-10)17(18)19/h4-6,8,14H,7H2,1-3H3. The third-order valence-electron chi connectivity index (χ3n) is 2.65. The number of aromatic nitrogens is 2. The van der Waals surface area contributed by atoms with E-state index in [1.807, 2.05) is 13.8 Å². The fraction of sp³-hybridized carbons (Fsp3) is 0.385. The second kappa shape index (κ2) is 5.79. The third kappa shape index (κ3) is 3.39. The van der Waals surface area contributed by atoms with E-state index >= 15 is 0 Å². The van der Waals surface area contributed by atoms with Gasteiger partial charge in [0.25, 0.3) is 5.69 Å². The number of hydrogen-bond acceptors (Lipinski definition) is 6. The van der Waals surface area contributed by atoms with Gasteiger partial charge in [0.15, 0.2) is 0 Å². The van der Waals surface area contributed by atoms with Crippen molar-refractivity contribution in [2.24, 2.45) is 0 Å². The van der Waals surface area contributed by atoms with Crippen LogP contribution >= 0.6 is 0 Å². The highest BCUT2D eigenvalue weighted by Crippen LogP contribution is 2.24. The van der Waals surface area contributed by atoms with Gasteiger partial charge in [0.2, 0.25) is 11.8 Å². The van der Waals surface area contributed by atoms with Crippen molar-refractivity contribution in [3.63, 3.8) is 0 Å². The molecule has 0 fully saturated rings. The van der Waals surface area contributed by atoms with E-state index in [2.05, 4.69) is 15.5 Å². The molecule has 2 aromatic rings. The van der Waals surface area contributed by atoms with E-state index in [1.165, 1.54) is 12.1 Å². The molecule has 0 aliphatic rings. The molecule has 0 unspecified atom stereocenters. The predicted molar refractivity (Wildman–Crippen MR) is 73.1 cm³/mol. The average molecular weight is 276 g/mol. The number of benzene rings is 1. The van der Waals surface area contributed by atoms with E-state index in [0.29, 0.717) is 24.0 Å². The Bertz CT molecular complexity index is 622. The van der Waals surface area contributed by atoms with Crippen LogP contribution in [0.4, 0.5) is 5.69 Å². The maximum atomic E-state index is 10.8. The molecule has 1 N–H and O–H groups in total. The van der Waals surface area contributed by atoms with Crippen LogP contribution in [0.25, 0.3) is 11.5 Å². The Hall–Kier alpha value is -2.28.